The summed E-state index contributed by atoms with van der Waals surface area (Å²) in [4.78, 5) is 38.2. The maximum Gasteiger partial charge on any atom is 0.261 e. The van der Waals surface area contributed by atoms with E-state index in [4.69, 9.17) is 14.2 Å². The number of anilines is 1. The molecule has 29 heavy (non-hydrogen) atoms. The average Bonchev–Trinajstić information content (AvgIpc) is 2.98. The zero-order valence-electron chi connectivity index (χ0n) is 16.5. The van der Waals surface area contributed by atoms with Crippen LogP contribution in [-0.4, -0.2) is 50.5 Å². The minimum atomic E-state index is -0.323. The molecule has 0 atom stereocenters. The van der Waals surface area contributed by atoms with Crippen LogP contribution in [0.15, 0.2) is 36.4 Å². The standard InChI is InChI=1S/C21H22N2O6/c1-27-16-11-13(12-17(28-2)19(16)29-3)22-18(24)9-6-10-23-20(25)14-7-4-5-8-15(14)21(23)26/h4-5,7-8,11-12H,6,9-10H2,1-3H3,(H,22,24). The third-order valence-corrected chi connectivity index (χ3v) is 4.61. The number of carbonyl (C=O) groups is 3. The Morgan fingerprint density at radius 2 is 1.48 bits per heavy atom. The highest BCUT2D eigenvalue weighted by Crippen LogP contribution is 2.39. The summed E-state index contributed by atoms with van der Waals surface area (Å²) in [6.07, 6.45) is 0.492. The zero-order chi connectivity index (χ0) is 21.0. The Kier molecular flexibility index (Phi) is 6.01. The molecule has 8 nitrogen and oxygen atoms in total. The SMILES string of the molecule is COc1cc(NC(=O)CCCN2C(=O)c3ccccc3C2=O)cc(OC)c1OC. The van der Waals surface area contributed by atoms with Crippen LogP contribution in [0.1, 0.15) is 33.6 Å². The van der Waals surface area contributed by atoms with Crippen LogP contribution in [0.2, 0.25) is 0 Å². The first-order valence-electron chi connectivity index (χ1n) is 9.05. The second-order valence-electron chi connectivity index (χ2n) is 6.37. The van der Waals surface area contributed by atoms with Crippen molar-refractivity contribution in [2.24, 2.45) is 0 Å². The molecule has 1 aliphatic rings. The molecule has 0 radical (unpaired) electrons. The second kappa shape index (κ2) is 8.64. The minimum Gasteiger partial charge on any atom is -0.493 e. The number of hydrogen-bond acceptors (Lipinski definition) is 6. The van der Waals surface area contributed by atoms with E-state index in [0.717, 1.165) is 0 Å². The van der Waals surface area contributed by atoms with Crippen LogP contribution in [-0.2, 0) is 4.79 Å². The van der Waals surface area contributed by atoms with Gasteiger partial charge in [0.05, 0.1) is 32.5 Å². The number of rotatable bonds is 8. The molecule has 3 rings (SSSR count). The summed E-state index contributed by atoms with van der Waals surface area (Å²) < 4.78 is 15.8. The van der Waals surface area contributed by atoms with Gasteiger partial charge in [0.1, 0.15) is 0 Å². The van der Waals surface area contributed by atoms with E-state index in [1.807, 2.05) is 0 Å². The van der Waals surface area contributed by atoms with Crippen molar-refractivity contribution in [3.8, 4) is 17.2 Å². The molecule has 1 heterocycles. The molecule has 0 spiro atoms. The summed E-state index contributed by atoms with van der Waals surface area (Å²) in [5, 5.41) is 2.76. The van der Waals surface area contributed by atoms with Crippen LogP contribution in [0.4, 0.5) is 5.69 Å². The maximum atomic E-state index is 12.3. The van der Waals surface area contributed by atoms with Gasteiger partial charge in [-0.2, -0.15) is 0 Å². The predicted molar refractivity (Wildman–Crippen MR) is 106 cm³/mol. The Morgan fingerprint density at radius 3 is 1.97 bits per heavy atom. The van der Waals surface area contributed by atoms with E-state index in [0.29, 0.717) is 40.5 Å². The first kappa shape index (κ1) is 20.2. The first-order chi connectivity index (χ1) is 14.0. The zero-order valence-corrected chi connectivity index (χ0v) is 16.5. The highest BCUT2D eigenvalue weighted by molar-refractivity contribution is 6.21. The molecule has 1 N–H and O–H groups in total. The molecule has 1 aliphatic heterocycles. The number of fused-ring (bicyclic) bond motifs is 1. The molecule has 0 unspecified atom stereocenters. The van der Waals surface area contributed by atoms with Crippen molar-refractivity contribution in [3.63, 3.8) is 0 Å². The quantitative estimate of drug-likeness (QED) is 0.687. The van der Waals surface area contributed by atoms with E-state index in [1.165, 1.54) is 26.2 Å². The normalized spacial score (nSPS) is 12.6. The van der Waals surface area contributed by atoms with Gasteiger partial charge in [0.15, 0.2) is 11.5 Å². The Bertz CT molecular complexity index is 896. The monoisotopic (exact) mass is 398 g/mol. The molecule has 0 saturated carbocycles. The Balaban J connectivity index is 1.59. The number of hydrogen-bond donors (Lipinski definition) is 1. The third-order valence-electron chi connectivity index (χ3n) is 4.61. The number of nitrogens with one attached hydrogen (secondary N) is 1. The topological polar surface area (TPSA) is 94.2 Å². The lowest BCUT2D eigenvalue weighted by Crippen LogP contribution is -2.31. The summed E-state index contributed by atoms with van der Waals surface area (Å²) in [5.41, 5.74) is 1.30. The van der Waals surface area contributed by atoms with Crippen LogP contribution in [0.25, 0.3) is 0 Å². The van der Waals surface area contributed by atoms with Crippen molar-refractivity contribution in [2.45, 2.75) is 12.8 Å². The van der Waals surface area contributed by atoms with Crippen LogP contribution in [0.3, 0.4) is 0 Å². The number of nitrogens with zero attached hydrogens (tertiary/aromatic N) is 1. The Morgan fingerprint density at radius 1 is 0.931 bits per heavy atom. The van der Waals surface area contributed by atoms with E-state index < -0.39 is 0 Å². The van der Waals surface area contributed by atoms with Gasteiger partial charge in [0.25, 0.3) is 11.8 Å². The van der Waals surface area contributed by atoms with Crippen molar-refractivity contribution in [3.05, 3.63) is 47.5 Å². The predicted octanol–water partition coefficient (Wildman–Crippen LogP) is 2.73. The van der Waals surface area contributed by atoms with Gasteiger partial charge in [-0.05, 0) is 18.6 Å². The summed E-state index contributed by atoms with van der Waals surface area (Å²) in [5.74, 6) is 0.377. The molecule has 0 bridgehead atoms. The Hall–Kier alpha value is -3.55. The molecule has 0 fully saturated rings. The van der Waals surface area contributed by atoms with E-state index >= 15 is 0 Å². The summed E-state index contributed by atoms with van der Waals surface area (Å²) >= 11 is 0. The number of benzene rings is 2. The lowest BCUT2D eigenvalue weighted by Gasteiger charge is -2.15. The number of amides is 3. The van der Waals surface area contributed by atoms with Crippen LogP contribution >= 0.6 is 0 Å². The maximum absolute atomic E-state index is 12.3. The lowest BCUT2D eigenvalue weighted by atomic mass is 10.1. The van der Waals surface area contributed by atoms with Gasteiger partial charge in [-0.15, -0.1) is 0 Å². The second-order valence-corrected chi connectivity index (χ2v) is 6.37. The number of methoxy groups -OCH3 is 3. The van der Waals surface area contributed by atoms with Gasteiger partial charge in [0.2, 0.25) is 11.7 Å². The molecule has 0 aliphatic carbocycles. The number of carbonyl (C=O) groups excluding carboxylic acids is 3. The molecule has 2 aromatic carbocycles. The van der Waals surface area contributed by atoms with E-state index in [2.05, 4.69) is 5.32 Å². The molecular weight excluding hydrogens is 376 g/mol. The fourth-order valence-electron chi connectivity index (χ4n) is 3.22. The highest BCUT2D eigenvalue weighted by atomic mass is 16.5. The fraction of sp³-hybridized carbons (Fsp3) is 0.286. The molecular formula is C21H22N2O6. The highest BCUT2D eigenvalue weighted by Gasteiger charge is 2.34. The largest absolute Gasteiger partial charge is 0.493 e. The van der Waals surface area contributed by atoms with Crippen molar-refractivity contribution in [2.75, 3.05) is 33.2 Å². The van der Waals surface area contributed by atoms with Gasteiger partial charge in [-0.3, -0.25) is 19.3 Å². The van der Waals surface area contributed by atoms with Crippen LogP contribution in [0, 0.1) is 0 Å². The van der Waals surface area contributed by atoms with Gasteiger partial charge in [-0.1, -0.05) is 12.1 Å². The molecule has 0 aromatic heterocycles. The van der Waals surface area contributed by atoms with Crippen LogP contribution in [0.5, 0.6) is 17.2 Å². The lowest BCUT2D eigenvalue weighted by molar-refractivity contribution is -0.116. The van der Waals surface area contributed by atoms with Crippen LogP contribution < -0.4 is 19.5 Å². The molecule has 0 saturated heterocycles. The van der Waals surface area contributed by atoms with Crippen molar-refractivity contribution >= 4 is 23.4 Å². The fourth-order valence-corrected chi connectivity index (χ4v) is 3.22. The number of imide groups is 1. The minimum absolute atomic E-state index is 0.143. The van der Waals surface area contributed by atoms with E-state index in [-0.39, 0.29) is 30.7 Å². The number of ether oxygens (including phenoxy) is 3. The first-order valence-corrected chi connectivity index (χ1v) is 9.05. The smallest absolute Gasteiger partial charge is 0.261 e. The van der Waals surface area contributed by atoms with Crippen molar-refractivity contribution < 1.29 is 28.6 Å². The summed E-state index contributed by atoms with van der Waals surface area (Å²) in [7, 11) is 4.48. The molecule has 8 heteroatoms. The average molecular weight is 398 g/mol. The van der Waals surface area contributed by atoms with Crippen molar-refractivity contribution in [1.82, 2.24) is 4.90 Å². The van der Waals surface area contributed by atoms with Gasteiger partial charge < -0.3 is 19.5 Å². The van der Waals surface area contributed by atoms with Gasteiger partial charge in [0, 0.05) is 30.8 Å². The summed E-state index contributed by atoms with van der Waals surface area (Å²) in [6.45, 7) is 0.176. The van der Waals surface area contributed by atoms with Gasteiger partial charge >= 0.3 is 0 Å². The Labute approximate surface area is 168 Å². The third kappa shape index (κ3) is 4.01. The van der Waals surface area contributed by atoms with Crippen molar-refractivity contribution in [1.29, 1.82) is 0 Å². The van der Waals surface area contributed by atoms with E-state index in [1.54, 1.807) is 36.4 Å². The van der Waals surface area contributed by atoms with E-state index in [9.17, 15) is 14.4 Å². The molecule has 2 aromatic rings. The molecule has 3 amide bonds. The molecule has 152 valence electrons. The summed E-state index contributed by atoms with van der Waals surface area (Å²) in [6, 6.07) is 9.96. The van der Waals surface area contributed by atoms with Gasteiger partial charge in [-0.25, -0.2) is 0 Å².